The highest BCUT2D eigenvalue weighted by Gasteiger charge is 2.23. The zero-order valence-electron chi connectivity index (χ0n) is 12.7. The molecule has 0 saturated heterocycles. The maximum Gasteiger partial charge on any atom is 0.261 e. The Labute approximate surface area is 135 Å². The van der Waals surface area contributed by atoms with Crippen LogP contribution in [0, 0.1) is 0 Å². The Morgan fingerprint density at radius 2 is 2.00 bits per heavy atom. The van der Waals surface area contributed by atoms with Gasteiger partial charge in [-0.3, -0.25) is 0 Å². The number of aromatic nitrogens is 2. The number of benzene rings is 1. The molecule has 8 heteroatoms. The van der Waals surface area contributed by atoms with Gasteiger partial charge in [-0.15, -0.1) is 0 Å². The Morgan fingerprint density at radius 3 is 2.55 bits per heavy atom. The van der Waals surface area contributed by atoms with Gasteiger partial charge in [0.1, 0.15) is 5.15 Å². The minimum Gasteiger partial charge on any atom is -0.371 e. The van der Waals surface area contributed by atoms with Gasteiger partial charge < -0.3 is 9.47 Å². The number of para-hydroxylation sites is 1. The summed E-state index contributed by atoms with van der Waals surface area (Å²) in [6.45, 7) is 2.19. The molecule has 1 heterocycles. The van der Waals surface area contributed by atoms with Gasteiger partial charge in [0.15, 0.2) is 0 Å². The number of anilines is 1. The Bertz CT molecular complexity index is 731. The minimum atomic E-state index is -3.72. The molecule has 0 aliphatic carbocycles. The molecule has 120 valence electrons. The second kappa shape index (κ2) is 6.68. The number of hydrogen-bond acceptors (Lipinski definition) is 4. The molecule has 1 atom stereocenters. The quantitative estimate of drug-likeness (QED) is 0.870. The van der Waals surface area contributed by atoms with Gasteiger partial charge in [-0.2, -0.15) is 0 Å². The number of likely N-dealkylation sites (N-methyl/N-ethyl adjacent to an activating group) is 1. The fourth-order valence-corrected chi connectivity index (χ4v) is 3.47. The van der Waals surface area contributed by atoms with Gasteiger partial charge in [-0.05, 0) is 19.1 Å². The van der Waals surface area contributed by atoms with Crippen LogP contribution in [0.25, 0.3) is 0 Å². The first-order valence-corrected chi connectivity index (χ1v) is 8.63. The Morgan fingerprint density at radius 1 is 1.36 bits per heavy atom. The summed E-state index contributed by atoms with van der Waals surface area (Å²) in [5.74, 6) is 0. The predicted molar refractivity (Wildman–Crippen MR) is 87.7 cm³/mol. The third-order valence-corrected chi connectivity index (χ3v) is 5.39. The van der Waals surface area contributed by atoms with E-state index in [0.29, 0.717) is 0 Å². The van der Waals surface area contributed by atoms with Crippen molar-refractivity contribution in [1.82, 2.24) is 14.3 Å². The SMILES string of the molecule is CC(CNS(=O)(=O)c1ncn(C)c1Cl)N(C)c1ccccc1. The van der Waals surface area contributed by atoms with Crippen molar-refractivity contribution in [2.75, 3.05) is 18.5 Å². The highest BCUT2D eigenvalue weighted by molar-refractivity contribution is 7.89. The number of halogens is 1. The van der Waals surface area contributed by atoms with Crippen molar-refractivity contribution in [2.45, 2.75) is 18.0 Å². The molecule has 0 aliphatic rings. The molecule has 6 nitrogen and oxygen atoms in total. The van der Waals surface area contributed by atoms with E-state index >= 15 is 0 Å². The number of sulfonamides is 1. The van der Waals surface area contributed by atoms with Crippen LogP contribution in [0.5, 0.6) is 0 Å². The van der Waals surface area contributed by atoms with E-state index in [1.807, 2.05) is 49.2 Å². The normalized spacial score (nSPS) is 13.1. The van der Waals surface area contributed by atoms with Crippen molar-refractivity contribution in [1.29, 1.82) is 0 Å². The molecule has 0 radical (unpaired) electrons. The molecule has 0 saturated carbocycles. The fraction of sp³-hybridized carbons (Fsp3) is 0.357. The number of imidazole rings is 1. The van der Waals surface area contributed by atoms with E-state index in [0.717, 1.165) is 5.69 Å². The van der Waals surface area contributed by atoms with E-state index in [-0.39, 0.29) is 22.8 Å². The van der Waals surface area contributed by atoms with Crippen molar-refractivity contribution in [2.24, 2.45) is 7.05 Å². The summed E-state index contributed by atoms with van der Waals surface area (Å²) in [6.07, 6.45) is 1.37. The third kappa shape index (κ3) is 3.60. The van der Waals surface area contributed by atoms with Crippen LogP contribution in [0.3, 0.4) is 0 Å². The van der Waals surface area contributed by atoms with E-state index in [4.69, 9.17) is 11.6 Å². The molecule has 0 aliphatic heterocycles. The second-order valence-electron chi connectivity index (χ2n) is 5.10. The Balaban J connectivity index is 2.04. The monoisotopic (exact) mass is 342 g/mol. The van der Waals surface area contributed by atoms with Crippen LogP contribution in [0.2, 0.25) is 5.15 Å². The number of aryl methyl sites for hydroxylation is 1. The van der Waals surface area contributed by atoms with Crippen molar-refractivity contribution >= 4 is 27.3 Å². The van der Waals surface area contributed by atoms with E-state index < -0.39 is 10.0 Å². The molecule has 0 amide bonds. The van der Waals surface area contributed by atoms with Crippen molar-refractivity contribution < 1.29 is 8.42 Å². The van der Waals surface area contributed by atoms with Crippen LogP contribution in [0.4, 0.5) is 5.69 Å². The summed E-state index contributed by atoms with van der Waals surface area (Å²) in [7, 11) is -0.164. The van der Waals surface area contributed by atoms with Gasteiger partial charge in [0.25, 0.3) is 10.0 Å². The van der Waals surface area contributed by atoms with Gasteiger partial charge in [0, 0.05) is 32.4 Å². The van der Waals surface area contributed by atoms with Crippen LogP contribution in [-0.4, -0.2) is 37.6 Å². The topological polar surface area (TPSA) is 67.2 Å². The van der Waals surface area contributed by atoms with Gasteiger partial charge in [0.2, 0.25) is 5.03 Å². The van der Waals surface area contributed by atoms with Gasteiger partial charge in [-0.1, -0.05) is 29.8 Å². The highest BCUT2D eigenvalue weighted by Crippen LogP contribution is 2.19. The molecule has 0 fully saturated rings. The maximum atomic E-state index is 12.2. The average molecular weight is 343 g/mol. The summed E-state index contributed by atoms with van der Waals surface area (Å²) in [5, 5.41) is -0.0530. The van der Waals surface area contributed by atoms with E-state index in [1.54, 1.807) is 7.05 Å². The first-order valence-electron chi connectivity index (χ1n) is 6.77. The van der Waals surface area contributed by atoms with Crippen LogP contribution < -0.4 is 9.62 Å². The summed E-state index contributed by atoms with van der Waals surface area (Å²) in [6, 6.07) is 9.74. The molecule has 0 bridgehead atoms. The highest BCUT2D eigenvalue weighted by atomic mass is 35.5. The van der Waals surface area contributed by atoms with Gasteiger partial charge >= 0.3 is 0 Å². The molecule has 2 aromatic rings. The molecule has 1 unspecified atom stereocenters. The van der Waals surface area contributed by atoms with Crippen LogP contribution in [0.15, 0.2) is 41.7 Å². The largest absolute Gasteiger partial charge is 0.371 e. The lowest BCUT2D eigenvalue weighted by Crippen LogP contribution is -2.40. The van der Waals surface area contributed by atoms with Gasteiger partial charge in [-0.25, -0.2) is 18.1 Å². The second-order valence-corrected chi connectivity index (χ2v) is 7.14. The fourth-order valence-electron chi connectivity index (χ4n) is 1.93. The van der Waals surface area contributed by atoms with Gasteiger partial charge in [0.05, 0.1) is 6.33 Å². The molecule has 1 aromatic heterocycles. The summed E-state index contributed by atoms with van der Waals surface area (Å²) < 4.78 is 28.5. The molecule has 1 aromatic carbocycles. The molecule has 0 spiro atoms. The number of rotatable bonds is 6. The zero-order chi connectivity index (χ0) is 16.3. The smallest absolute Gasteiger partial charge is 0.261 e. The number of nitrogens with one attached hydrogen (secondary N) is 1. The summed E-state index contributed by atoms with van der Waals surface area (Å²) in [4.78, 5) is 5.84. The first kappa shape index (κ1) is 16.8. The lowest BCUT2D eigenvalue weighted by atomic mass is 10.2. The molecular weight excluding hydrogens is 324 g/mol. The van der Waals surface area contributed by atoms with E-state index in [1.165, 1.54) is 10.9 Å². The van der Waals surface area contributed by atoms with Crippen molar-refractivity contribution in [3.8, 4) is 0 Å². The van der Waals surface area contributed by atoms with E-state index in [9.17, 15) is 8.42 Å². The minimum absolute atomic E-state index is 0.0281. The zero-order valence-corrected chi connectivity index (χ0v) is 14.3. The summed E-state index contributed by atoms with van der Waals surface area (Å²) in [5.41, 5.74) is 1.02. The lowest BCUT2D eigenvalue weighted by molar-refractivity contribution is 0.567. The number of nitrogens with zero attached hydrogens (tertiary/aromatic N) is 3. The summed E-state index contributed by atoms with van der Waals surface area (Å²) >= 11 is 5.94. The van der Waals surface area contributed by atoms with Crippen LogP contribution >= 0.6 is 11.6 Å². The molecule has 1 N–H and O–H groups in total. The Kier molecular flexibility index (Phi) is 5.10. The predicted octanol–water partition coefficient (Wildman–Crippen LogP) is 1.88. The van der Waals surface area contributed by atoms with Crippen LogP contribution in [0.1, 0.15) is 6.92 Å². The molecule has 2 rings (SSSR count). The van der Waals surface area contributed by atoms with Crippen molar-refractivity contribution in [3.63, 3.8) is 0 Å². The van der Waals surface area contributed by atoms with Crippen LogP contribution in [-0.2, 0) is 17.1 Å². The molecular formula is C14H19ClN4O2S. The van der Waals surface area contributed by atoms with Crippen molar-refractivity contribution in [3.05, 3.63) is 41.8 Å². The van der Waals surface area contributed by atoms with E-state index in [2.05, 4.69) is 9.71 Å². The standard InChI is InChI=1S/C14H19ClN4O2S/c1-11(19(3)12-7-5-4-6-8-12)9-17-22(20,21)14-13(15)18(2)10-16-14/h4-8,10-11,17H,9H2,1-3H3. The maximum absolute atomic E-state index is 12.2. The third-order valence-electron chi connectivity index (χ3n) is 3.48. The Hall–Kier alpha value is -1.57. The number of hydrogen-bond donors (Lipinski definition) is 1. The molecule has 22 heavy (non-hydrogen) atoms. The lowest BCUT2D eigenvalue weighted by Gasteiger charge is -2.27. The first-order chi connectivity index (χ1) is 10.3. The average Bonchev–Trinajstić information content (AvgIpc) is 2.85.